The lowest BCUT2D eigenvalue weighted by molar-refractivity contribution is 0.457. The first-order chi connectivity index (χ1) is 15.9. The Hall–Kier alpha value is -3.61. The molecule has 7 heteroatoms. The number of rotatable bonds is 5. The molecule has 2 aromatic heterocycles. The summed E-state index contributed by atoms with van der Waals surface area (Å²) in [5, 5.41) is 0. The van der Waals surface area contributed by atoms with Crippen LogP contribution in [-0.4, -0.2) is 25.2 Å². The van der Waals surface area contributed by atoms with E-state index in [0.29, 0.717) is 30.2 Å². The molecule has 0 bridgehead atoms. The summed E-state index contributed by atoms with van der Waals surface area (Å²) in [7, 11) is 1.71. The smallest absolute Gasteiger partial charge is 0.312 e. The molecular weight excluding hydrogens is 414 g/mol. The fourth-order valence-electron chi connectivity index (χ4n) is 4.80. The molecule has 170 valence electrons. The number of hydrogen-bond donors (Lipinski definition) is 0. The summed E-state index contributed by atoms with van der Waals surface area (Å²) in [5.41, 5.74) is 3.81. The minimum Gasteiger partial charge on any atom is -0.312 e. The van der Waals surface area contributed by atoms with Crippen LogP contribution in [0.4, 0.5) is 11.6 Å². The number of aromatic nitrogens is 4. The molecule has 2 aromatic carbocycles. The van der Waals surface area contributed by atoms with Gasteiger partial charge in [-0.2, -0.15) is 4.98 Å². The summed E-state index contributed by atoms with van der Waals surface area (Å²) in [6.07, 6.45) is 1.54. The van der Waals surface area contributed by atoms with Gasteiger partial charge in [0, 0.05) is 32.4 Å². The maximum atomic E-state index is 13.6. The molecule has 0 amide bonds. The minimum absolute atomic E-state index is 0.252. The third-order valence-corrected chi connectivity index (χ3v) is 6.45. The summed E-state index contributed by atoms with van der Waals surface area (Å²) in [4.78, 5) is 33.6. The minimum atomic E-state index is -0.314. The van der Waals surface area contributed by atoms with Crippen LogP contribution in [0.1, 0.15) is 24.5 Å². The van der Waals surface area contributed by atoms with Crippen LogP contribution in [0, 0.1) is 12.8 Å². The van der Waals surface area contributed by atoms with E-state index in [-0.39, 0.29) is 11.2 Å². The standard InChI is InChI=1S/C26H29N5O2/c1-18-9-7-13-21(15-18)30-16-19(2)17-31-22-23(27-25(30)31)28(3)26(33)29(24(22)32)14-8-12-20-10-5-4-6-11-20/h4-7,9-11,13,15,19H,8,12,14,16-17H2,1-3H3/t19-/m1/s1. The Bertz CT molecular complexity index is 1430. The van der Waals surface area contributed by atoms with Crippen molar-refractivity contribution in [3.05, 3.63) is 86.6 Å². The SMILES string of the molecule is Cc1cccc(N2C[C@@H](C)Cn3c2nc2c3c(=O)n(CCCc3ccccc3)c(=O)n2C)c1. The lowest BCUT2D eigenvalue weighted by Crippen LogP contribution is -2.40. The molecule has 5 rings (SSSR count). The van der Waals surface area contributed by atoms with Gasteiger partial charge in [0.1, 0.15) is 0 Å². The van der Waals surface area contributed by atoms with Gasteiger partial charge in [-0.3, -0.25) is 13.9 Å². The number of fused-ring (bicyclic) bond motifs is 3. The number of imidazole rings is 1. The van der Waals surface area contributed by atoms with Crippen LogP contribution in [-0.2, 0) is 26.6 Å². The van der Waals surface area contributed by atoms with E-state index >= 15 is 0 Å². The molecule has 0 aliphatic carbocycles. The van der Waals surface area contributed by atoms with E-state index in [1.54, 1.807) is 7.05 Å². The molecular formula is C26H29N5O2. The number of nitrogens with zero attached hydrogens (tertiary/aromatic N) is 5. The zero-order valence-corrected chi connectivity index (χ0v) is 19.4. The Morgan fingerprint density at radius 1 is 1.03 bits per heavy atom. The van der Waals surface area contributed by atoms with E-state index in [9.17, 15) is 9.59 Å². The van der Waals surface area contributed by atoms with Crippen molar-refractivity contribution in [2.45, 2.75) is 39.8 Å². The first-order valence-electron chi connectivity index (χ1n) is 11.5. The molecule has 33 heavy (non-hydrogen) atoms. The molecule has 1 atom stereocenters. The van der Waals surface area contributed by atoms with Gasteiger partial charge in [-0.1, -0.05) is 49.4 Å². The fourth-order valence-corrected chi connectivity index (χ4v) is 4.80. The van der Waals surface area contributed by atoms with Crippen LogP contribution in [0.3, 0.4) is 0 Å². The second-order valence-electron chi connectivity index (χ2n) is 9.14. The second kappa shape index (κ2) is 8.39. The molecule has 7 nitrogen and oxygen atoms in total. The zero-order valence-electron chi connectivity index (χ0n) is 19.4. The molecule has 4 aromatic rings. The summed E-state index contributed by atoms with van der Waals surface area (Å²) in [6.45, 7) is 6.14. The van der Waals surface area contributed by atoms with E-state index in [0.717, 1.165) is 31.0 Å². The monoisotopic (exact) mass is 443 g/mol. The Balaban J connectivity index is 1.58. The zero-order chi connectivity index (χ0) is 23.1. The summed E-state index contributed by atoms with van der Waals surface area (Å²) < 4.78 is 4.89. The molecule has 0 fully saturated rings. The highest BCUT2D eigenvalue weighted by atomic mass is 16.2. The number of aryl methyl sites for hydroxylation is 3. The van der Waals surface area contributed by atoms with Crippen LogP contribution in [0.5, 0.6) is 0 Å². The van der Waals surface area contributed by atoms with Crippen LogP contribution in [0.25, 0.3) is 11.2 Å². The van der Waals surface area contributed by atoms with Gasteiger partial charge >= 0.3 is 5.69 Å². The van der Waals surface area contributed by atoms with Crippen molar-refractivity contribution in [1.29, 1.82) is 0 Å². The first kappa shape index (κ1) is 21.2. The van der Waals surface area contributed by atoms with Gasteiger partial charge in [0.25, 0.3) is 5.56 Å². The fraction of sp³-hybridized carbons (Fsp3) is 0.346. The third kappa shape index (κ3) is 3.77. The van der Waals surface area contributed by atoms with Crippen molar-refractivity contribution >= 4 is 22.8 Å². The van der Waals surface area contributed by atoms with E-state index in [1.165, 1.54) is 20.3 Å². The van der Waals surface area contributed by atoms with Gasteiger partial charge in [-0.05, 0) is 48.9 Å². The molecule has 0 saturated carbocycles. The van der Waals surface area contributed by atoms with Gasteiger partial charge in [-0.25, -0.2) is 4.79 Å². The Kier molecular flexibility index (Phi) is 5.40. The first-order valence-corrected chi connectivity index (χ1v) is 11.5. The summed E-state index contributed by atoms with van der Waals surface area (Å²) in [5.74, 6) is 1.06. The molecule has 0 unspecified atom stereocenters. The maximum Gasteiger partial charge on any atom is 0.332 e. The highest BCUT2D eigenvalue weighted by Gasteiger charge is 2.29. The topological polar surface area (TPSA) is 65.1 Å². The van der Waals surface area contributed by atoms with Crippen molar-refractivity contribution in [1.82, 2.24) is 18.7 Å². The molecule has 0 saturated heterocycles. The highest BCUT2D eigenvalue weighted by Crippen LogP contribution is 2.33. The van der Waals surface area contributed by atoms with E-state index in [2.05, 4.69) is 49.1 Å². The molecule has 1 aliphatic heterocycles. The lowest BCUT2D eigenvalue weighted by Gasteiger charge is -2.33. The normalized spacial score (nSPS) is 15.7. The van der Waals surface area contributed by atoms with Crippen molar-refractivity contribution in [3.63, 3.8) is 0 Å². The Morgan fingerprint density at radius 2 is 1.82 bits per heavy atom. The van der Waals surface area contributed by atoms with E-state index < -0.39 is 0 Å². The van der Waals surface area contributed by atoms with Gasteiger partial charge in [0.15, 0.2) is 11.2 Å². The van der Waals surface area contributed by atoms with Crippen LogP contribution in [0.15, 0.2) is 64.2 Å². The van der Waals surface area contributed by atoms with Crippen LogP contribution in [0.2, 0.25) is 0 Å². The largest absolute Gasteiger partial charge is 0.332 e. The van der Waals surface area contributed by atoms with Gasteiger partial charge in [0.2, 0.25) is 5.95 Å². The summed E-state index contributed by atoms with van der Waals surface area (Å²) >= 11 is 0. The predicted molar refractivity (Wildman–Crippen MR) is 131 cm³/mol. The molecule has 1 aliphatic rings. The van der Waals surface area contributed by atoms with Crippen molar-refractivity contribution in [3.8, 4) is 0 Å². The van der Waals surface area contributed by atoms with Crippen LogP contribution < -0.4 is 16.1 Å². The predicted octanol–water partition coefficient (Wildman–Crippen LogP) is 3.63. The number of hydrogen-bond acceptors (Lipinski definition) is 4. The van der Waals surface area contributed by atoms with Crippen molar-refractivity contribution in [2.24, 2.45) is 13.0 Å². The van der Waals surface area contributed by atoms with Gasteiger partial charge in [0.05, 0.1) is 0 Å². The average molecular weight is 444 g/mol. The van der Waals surface area contributed by atoms with Crippen molar-refractivity contribution < 1.29 is 0 Å². The number of anilines is 2. The van der Waals surface area contributed by atoms with E-state index in [4.69, 9.17) is 4.98 Å². The lowest BCUT2D eigenvalue weighted by atomic mass is 10.1. The molecule has 0 spiro atoms. The number of benzene rings is 2. The Labute approximate surface area is 192 Å². The second-order valence-corrected chi connectivity index (χ2v) is 9.14. The van der Waals surface area contributed by atoms with Crippen LogP contribution >= 0.6 is 0 Å². The molecule has 0 radical (unpaired) electrons. The Morgan fingerprint density at radius 3 is 2.58 bits per heavy atom. The maximum absolute atomic E-state index is 13.6. The summed E-state index contributed by atoms with van der Waals surface area (Å²) in [6, 6.07) is 18.4. The quantitative estimate of drug-likeness (QED) is 0.473. The van der Waals surface area contributed by atoms with Gasteiger partial charge in [-0.15, -0.1) is 0 Å². The third-order valence-electron chi connectivity index (χ3n) is 6.45. The van der Waals surface area contributed by atoms with Gasteiger partial charge < -0.3 is 9.47 Å². The highest BCUT2D eigenvalue weighted by molar-refractivity contribution is 5.77. The molecule has 0 N–H and O–H groups in total. The van der Waals surface area contributed by atoms with E-state index in [1.807, 2.05) is 28.8 Å². The average Bonchev–Trinajstić information content (AvgIpc) is 3.19. The van der Waals surface area contributed by atoms with Crippen molar-refractivity contribution in [2.75, 3.05) is 11.4 Å². The molecule has 3 heterocycles.